The van der Waals surface area contributed by atoms with Gasteiger partial charge in [-0.15, -0.1) is 0 Å². The summed E-state index contributed by atoms with van der Waals surface area (Å²) in [6, 6.07) is 22.9. The zero-order valence-electron chi connectivity index (χ0n) is 14.3. The zero-order valence-corrected chi connectivity index (χ0v) is 14.3. The van der Waals surface area contributed by atoms with Crippen LogP contribution < -0.4 is 5.69 Å². The molecule has 3 nitrogen and oxygen atoms in total. The molecule has 0 spiro atoms. The van der Waals surface area contributed by atoms with E-state index in [1.54, 1.807) is 0 Å². The minimum absolute atomic E-state index is 0.288. The third-order valence-corrected chi connectivity index (χ3v) is 5.22. The Bertz CT molecular complexity index is 1190. The summed E-state index contributed by atoms with van der Waals surface area (Å²) in [4.78, 5) is 19.7. The van der Waals surface area contributed by atoms with Crippen LogP contribution in [0.25, 0.3) is 33.3 Å². The molecule has 0 radical (unpaired) electrons. The van der Waals surface area contributed by atoms with Crippen LogP contribution in [-0.4, -0.2) is 9.97 Å². The topological polar surface area (TPSA) is 45.8 Å². The Morgan fingerprint density at radius 3 is 2.58 bits per heavy atom. The normalized spacial score (nSPS) is 13.1. The van der Waals surface area contributed by atoms with Crippen molar-refractivity contribution < 1.29 is 0 Å². The summed E-state index contributed by atoms with van der Waals surface area (Å²) in [7, 11) is 0. The Hall–Kier alpha value is -3.20. The van der Waals surface area contributed by atoms with Gasteiger partial charge in [0, 0.05) is 16.7 Å². The van der Waals surface area contributed by atoms with E-state index in [0.29, 0.717) is 0 Å². The van der Waals surface area contributed by atoms with E-state index in [0.717, 1.165) is 52.7 Å². The molecule has 0 saturated carbocycles. The first-order chi connectivity index (χ1) is 12.8. The van der Waals surface area contributed by atoms with Crippen LogP contribution in [0.5, 0.6) is 0 Å². The number of aryl methyl sites for hydroxylation is 1. The number of H-pyrrole nitrogens is 1. The predicted molar refractivity (Wildman–Crippen MR) is 105 cm³/mol. The van der Waals surface area contributed by atoms with Gasteiger partial charge in [0.2, 0.25) is 0 Å². The number of hydrogen-bond acceptors (Lipinski definition) is 2. The summed E-state index contributed by atoms with van der Waals surface area (Å²) in [5.41, 5.74) is 6.02. The highest BCUT2D eigenvalue weighted by molar-refractivity contribution is 5.88. The lowest BCUT2D eigenvalue weighted by molar-refractivity contribution is 0.828. The van der Waals surface area contributed by atoms with Crippen molar-refractivity contribution in [3.63, 3.8) is 0 Å². The first-order valence-corrected chi connectivity index (χ1v) is 9.00. The second kappa shape index (κ2) is 5.95. The highest BCUT2D eigenvalue weighted by atomic mass is 16.1. The maximum Gasteiger partial charge on any atom is 0.345 e. The SMILES string of the molecule is O=c1nc(-c2ccc3ccccc3c2)c2c([nH]1)-c1ccccc1CCC2. The van der Waals surface area contributed by atoms with Crippen LogP contribution >= 0.6 is 0 Å². The first-order valence-electron chi connectivity index (χ1n) is 9.00. The Kier molecular flexibility index (Phi) is 3.45. The minimum atomic E-state index is -0.288. The van der Waals surface area contributed by atoms with Crippen molar-refractivity contribution in [1.29, 1.82) is 0 Å². The Morgan fingerprint density at radius 2 is 1.65 bits per heavy atom. The van der Waals surface area contributed by atoms with E-state index < -0.39 is 0 Å². The highest BCUT2D eigenvalue weighted by Gasteiger charge is 2.20. The molecule has 26 heavy (non-hydrogen) atoms. The number of aromatic nitrogens is 2. The molecule has 0 bridgehead atoms. The summed E-state index contributed by atoms with van der Waals surface area (Å²) in [6.07, 6.45) is 2.98. The van der Waals surface area contributed by atoms with E-state index >= 15 is 0 Å². The molecule has 4 aromatic rings. The molecular weight excluding hydrogens is 320 g/mol. The van der Waals surface area contributed by atoms with Crippen LogP contribution in [0.4, 0.5) is 0 Å². The fourth-order valence-corrected chi connectivity index (χ4v) is 3.98. The molecule has 1 aromatic heterocycles. The van der Waals surface area contributed by atoms with E-state index in [1.807, 2.05) is 18.2 Å². The smallest absolute Gasteiger partial charge is 0.305 e. The molecule has 0 aliphatic heterocycles. The summed E-state index contributed by atoms with van der Waals surface area (Å²) >= 11 is 0. The van der Waals surface area contributed by atoms with Crippen LogP contribution in [0.3, 0.4) is 0 Å². The van der Waals surface area contributed by atoms with Gasteiger partial charge in [-0.2, -0.15) is 4.98 Å². The van der Waals surface area contributed by atoms with Gasteiger partial charge in [0.25, 0.3) is 0 Å². The first kappa shape index (κ1) is 15.1. The molecule has 3 heteroatoms. The summed E-state index contributed by atoms with van der Waals surface area (Å²) in [5, 5.41) is 2.35. The van der Waals surface area contributed by atoms with E-state index in [2.05, 4.69) is 58.5 Å². The summed E-state index contributed by atoms with van der Waals surface area (Å²) < 4.78 is 0. The van der Waals surface area contributed by atoms with Gasteiger partial charge < -0.3 is 4.98 Å². The Morgan fingerprint density at radius 1 is 0.846 bits per heavy atom. The van der Waals surface area contributed by atoms with E-state index in [-0.39, 0.29) is 5.69 Å². The van der Waals surface area contributed by atoms with Gasteiger partial charge in [-0.05, 0) is 41.7 Å². The molecule has 0 fully saturated rings. The molecule has 1 aliphatic carbocycles. The number of nitrogens with zero attached hydrogens (tertiary/aromatic N) is 1. The van der Waals surface area contributed by atoms with Gasteiger partial charge >= 0.3 is 5.69 Å². The number of hydrogen-bond donors (Lipinski definition) is 1. The summed E-state index contributed by atoms with van der Waals surface area (Å²) in [5.74, 6) is 0. The van der Waals surface area contributed by atoms with Gasteiger partial charge in [0.05, 0.1) is 11.4 Å². The van der Waals surface area contributed by atoms with Crippen molar-refractivity contribution in [2.45, 2.75) is 19.3 Å². The second-order valence-electron chi connectivity index (χ2n) is 6.82. The molecule has 0 amide bonds. The van der Waals surface area contributed by atoms with Gasteiger partial charge in [-0.1, -0.05) is 60.7 Å². The lowest BCUT2D eigenvalue weighted by atomic mass is 9.97. The molecule has 126 valence electrons. The molecule has 0 unspecified atom stereocenters. The van der Waals surface area contributed by atoms with Crippen molar-refractivity contribution in [1.82, 2.24) is 9.97 Å². The molecule has 0 atom stereocenters. The van der Waals surface area contributed by atoms with Crippen molar-refractivity contribution >= 4 is 10.8 Å². The van der Waals surface area contributed by atoms with Crippen molar-refractivity contribution in [3.8, 4) is 22.5 Å². The van der Waals surface area contributed by atoms with Gasteiger partial charge in [-0.3, -0.25) is 0 Å². The Balaban J connectivity index is 1.79. The van der Waals surface area contributed by atoms with Gasteiger partial charge in [0.1, 0.15) is 0 Å². The lowest BCUT2D eigenvalue weighted by Gasteiger charge is -2.13. The number of fused-ring (bicyclic) bond motifs is 4. The highest BCUT2D eigenvalue weighted by Crippen LogP contribution is 2.35. The molecule has 3 aromatic carbocycles. The average Bonchev–Trinajstić information content (AvgIpc) is 2.86. The summed E-state index contributed by atoms with van der Waals surface area (Å²) in [6.45, 7) is 0. The minimum Gasteiger partial charge on any atom is -0.305 e. The molecule has 1 heterocycles. The van der Waals surface area contributed by atoms with E-state index in [4.69, 9.17) is 0 Å². The van der Waals surface area contributed by atoms with Crippen LogP contribution in [0.2, 0.25) is 0 Å². The van der Waals surface area contributed by atoms with Crippen molar-refractivity contribution in [3.05, 3.63) is 88.3 Å². The fraction of sp³-hybridized carbons (Fsp3) is 0.130. The molecule has 5 rings (SSSR count). The number of nitrogens with one attached hydrogen (secondary N) is 1. The Labute approximate surface area is 151 Å². The maximum absolute atomic E-state index is 12.4. The van der Waals surface area contributed by atoms with Crippen molar-refractivity contribution in [2.75, 3.05) is 0 Å². The molecule has 0 saturated heterocycles. The molecule has 1 aliphatic rings. The number of aromatic amines is 1. The maximum atomic E-state index is 12.4. The quantitative estimate of drug-likeness (QED) is 0.544. The molecule has 1 N–H and O–H groups in total. The van der Waals surface area contributed by atoms with Crippen LogP contribution in [0, 0.1) is 0 Å². The van der Waals surface area contributed by atoms with Crippen LogP contribution in [0.1, 0.15) is 17.5 Å². The number of rotatable bonds is 1. The predicted octanol–water partition coefficient (Wildman–Crippen LogP) is 4.75. The lowest BCUT2D eigenvalue weighted by Crippen LogP contribution is -2.15. The van der Waals surface area contributed by atoms with Crippen molar-refractivity contribution in [2.24, 2.45) is 0 Å². The van der Waals surface area contributed by atoms with E-state index in [9.17, 15) is 4.79 Å². The van der Waals surface area contributed by atoms with Gasteiger partial charge in [-0.25, -0.2) is 4.79 Å². The second-order valence-corrected chi connectivity index (χ2v) is 6.82. The number of benzene rings is 3. The standard InChI is InChI=1S/C23H18N2O/c26-23-24-21(18-13-12-15-6-1-2-8-17(15)14-18)20-11-5-9-16-7-3-4-10-19(16)22(20)25-23/h1-4,6-8,10,12-14H,5,9,11H2,(H,24,25,26). The zero-order chi connectivity index (χ0) is 17.5. The van der Waals surface area contributed by atoms with E-state index in [1.165, 1.54) is 10.9 Å². The third kappa shape index (κ3) is 2.44. The van der Waals surface area contributed by atoms with Crippen LogP contribution in [0.15, 0.2) is 71.5 Å². The molecular formula is C23H18N2O. The third-order valence-electron chi connectivity index (χ3n) is 5.22. The van der Waals surface area contributed by atoms with Gasteiger partial charge in [0.15, 0.2) is 0 Å². The van der Waals surface area contributed by atoms with Crippen LogP contribution in [-0.2, 0) is 12.8 Å². The largest absolute Gasteiger partial charge is 0.345 e. The average molecular weight is 338 g/mol. The monoisotopic (exact) mass is 338 g/mol. The fourth-order valence-electron chi connectivity index (χ4n) is 3.98.